The van der Waals surface area contributed by atoms with Gasteiger partial charge in [0.15, 0.2) is 0 Å². The third kappa shape index (κ3) is 4.17. The number of Topliss-reactive ketones (excluding diaryl/α,β-unsaturated/α-hetero) is 2. The second-order valence-electron chi connectivity index (χ2n) is 5.33. The molecule has 0 aromatic heterocycles. The molecule has 0 aromatic carbocycles. The zero-order chi connectivity index (χ0) is 11.6. The van der Waals surface area contributed by atoms with Crippen LogP contribution in [0.1, 0.15) is 41.0 Å². The van der Waals surface area contributed by atoms with Crippen LogP contribution in [0, 0.1) is 10.8 Å². The van der Waals surface area contributed by atoms with Crippen molar-refractivity contribution in [2.24, 2.45) is 10.8 Å². The number of ketones is 2. The topological polar surface area (TPSA) is 34.1 Å². The molecule has 0 aliphatic carbocycles. The van der Waals surface area contributed by atoms with Crippen LogP contribution in [0.25, 0.3) is 0 Å². The molecule has 0 rings (SSSR count). The molecule has 2 nitrogen and oxygen atoms in total. The summed E-state index contributed by atoms with van der Waals surface area (Å²) in [5.74, 6) is 0.119. The molecule has 0 unspecified atom stereocenters. The van der Waals surface area contributed by atoms with E-state index in [-0.39, 0.29) is 23.4 Å². The molecule has 0 saturated carbocycles. The quantitative estimate of drug-likeness (QED) is 0.738. The Bertz CT molecular complexity index is 236. The molecule has 0 heterocycles. The van der Waals surface area contributed by atoms with Gasteiger partial charge >= 0.3 is 102 Å². The molecule has 0 amide bonds. The van der Waals surface area contributed by atoms with Crippen molar-refractivity contribution in [1.82, 2.24) is 0 Å². The van der Waals surface area contributed by atoms with Gasteiger partial charge in [0.05, 0.1) is 0 Å². The van der Waals surface area contributed by atoms with Crippen LogP contribution in [0.5, 0.6) is 0 Å². The minimum atomic E-state index is -0.396. The van der Waals surface area contributed by atoms with Crippen molar-refractivity contribution in [2.75, 3.05) is 0 Å². The van der Waals surface area contributed by atoms with Crippen LogP contribution in [-0.4, -0.2) is 11.6 Å². The Hall–Kier alpha value is 0.223. The Morgan fingerprint density at radius 1 is 1.00 bits per heavy atom. The molecule has 3 heteroatoms. The molecule has 0 aromatic rings. The number of carbonyl (C=O) groups excluding carboxylic acids is 2. The maximum absolute atomic E-state index is 11.7. The summed E-state index contributed by atoms with van der Waals surface area (Å²) in [6.45, 7) is 9.40. The van der Waals surface area contributed by atoms with Gasteiger partial charge in [-0.05, 0) is 0 Å². The van der Waals surface area contributed by atoms with Crippen LogP contribution in [0.3, 0.4) is 0 Å². The van der Waals surface area contributed by atoms with Gasteiger partial charge in [-0.3, -0.25) is 0 Å². The van der Waals surface area contributed by atoms with Crippen molar-refractivity contribution in [1.29, 1.82) is 0 Å². The van der Waals surface area contributed by atoms with Crippen molar-refractivity contribution in [2.45, 2.75) is 45.2 Å². The first-order chi connectivity index (χ1) is 6.11. The first-order valence-corrected chi connectivity index (χ1v) is 6.56. The van der Waals surface area contributed by atoms with Crippen LogP contribution in [0.15, 0.2) is 0 Å². The normalized spacial score (nSPS) is 12.6. The van der Waals surface area contributed by atoms with Crippen LogP contribution < -0.4 is 0 Å². The van der Waals surface area contributed by atoms with Gasteiger partial charge in [0.2, 0.25) is 0 Å². The molecule has 0 aliphatic heterocycles. The van der Waals surface area contributed by atoms with E-state index in [1.165, 1.54) is 24.7 Å². The van der Waals surface area contributed by atoms with Crippen molar-refractivity contribution in [3.8, 4) is 0 Å². The van der Waals surface area contributed by atoms with Crippen molar-refractivity contribution in [3.63, 3.8) is 0 Å². The molecular weight excluding hydrogens is 255 g/mol. The second kappa shape index (κ2) is 4.83. The van der Waals surface area contributed by atoms with E-state index < -0.39 is 5.41 Å². The summed E-state index contributed by atoms with van der Waals surface area (Å²) < 4.78 is 0.871. The van der Waals surface area contributed by atoms with Gasteiger partial charge in [0, 0.05) is 0 Å². The number of rotatable bonds is 4. The van der Waals surface area contributed by atoms with Crippen molar-refractivity contribution in [3.05, 3.63) is 0 Å². The summed E-state index contributed by atoms with van der Waals surface area (Å²) in [5, 5.41) is 0. The van der Waals surface area contributed by atoms with Crippen molar-refractivity contribution >= 4 is 11.6 Å². The van der Waals surface area contributed by atoms with E-state index in [0.29, 0.717) is 0 Å². The zero-order valence-electron chi connectivity index (χ0n) is 9.73. The molecule has 0 radical (unpaired) electrons. The summed E-state index contributed by atoms with van der Waals surface area (Å²) in [6, 6.07) is 0. The first-order valence-electron chi connectivity index (χ1n) is 4.82. The maximum atomic E-state index is 11.7. The Balaban J connectivity index is 4.43. The predicted molar refractivity (Wildman–Crippen MR) is 52.7 cm³/mol. The predicted octanol–water partition coefficient (Wildman–Crippen LogP) is 2.55. The molecular formula is C11H19O2Zr. The summed E-state index contributed by atoms with van der Waals surface area (Å²) in [7, 11) is 0. The van der Waals surface area contributed by atoms with E-state index in [1.54, 1.807) is 0 Å². The van der Waals surface area contributed by atoms with Gasteiger partial charge < -0.3 is 0 Å². The monoisotopic (exact) mass is 273 g/mol. The summed E-state index contributed by atoms with van der Waals surface area (Å²) >= 11 is 1.34. The molecule has 0 bridgehead atoms. The molecule has 0 saturated heterocycles. The van der Waals surface area contributed by atoms with E-state index in [1.807, 2.05) is 34.6 Å². The first kappa shape index (κ1) is 14.2. The van der Waals surface area contributed by atoms with Gasteiger partial charge in [0.1, 0.15) is 0 Å². The summed E-state index contributed by atoms with van der Waals surface area (Å²) in [6.07, 6.45) is 0.0881. The fraction of sp³-hybridized carbons (Fsp3) is 0.818. The number of hydrogen-bond acceptors (Lipinski definition) is 2. The molecule has 0 spiro atoms. The third-order valence-electron chi connectivity index (χ3n) is 2.35. The van der Waals surface area contributed by atoms with Gasteiger partial charge in [-0.15, -0.1) is 0 Å². The van der Waals surface area contributed by atoms with Gasteiger partial charge in [-0.1, -0.05) is 0 Å². The van der Waals surface area contributed by atoms with E-state index in [9.17, 15) is 9.59 Å². The van der Waals surface area contributed by atoms with Crippen molar-refractivity contribution < 1.29 is 34.3 Å². The van der Waals surface area contributed by atoms with Crippen LogP contribution >= 0.6 is 0 Å². The van der Waals surface area contributed by atoms with Gasteiger partial charge in [-0.2, -0.15) is 0 Å². The fourth-order valence-electron chi connectivity index (χ4n) is 0.749. The molecule has 14 heavy (non-hydrogen) atoms. The average molecular weight is 274 g/mol. The van der Waals surface area contributed by atoms with E-state index in [2.05, 4.69) is 0 Å². The Kier molecular flexibility index (Phi) is 4.91. The van der Waals surface area contributed by atoms with Crippen LogP contribution in [0.2, 0.25) is 4.13 Å². The zero-order valence-corrected chi connectivity index (χ0v) is 12.2. The van der Waals surface area contributed by atoms with Crippen LogP contribution in [0.4, 0.5) is 0 Å². The Morgan fingerprint density at radius 2 is 1.43 bits per heavy atom. The summed E-state index contributed by atoms with van der Waals surface area (Å²) in [4.78, 5) is 23.4. The third-order valence-corrected chi connectivity index (χ3v) is 4.53. The second-order valence-corrected chi connectivity index (χ2v) is 6.20. The van der Waals surface area contributed by atoms with E-state index in [0.717, 1.165) is 4.13 Å². The summed E-state index contributed by atoms with van der Waals surface area (Å²) in [5.41, 5.74) is -0.716. The van der Waals surface area contributed by atoms with Gasteiger partial charge in [0.25, 0.3) is 0 Å². The van der Waals surface area contributed by atoms with Gasteiger partial charge in [-0.25, -0.2) is 0 Å². The molecule has 79 valence electrons. The average Bonchev–Trinajstić information content (AvgIpc) is 2.02. The fourth-order valence-corrected chi connectivity index (χ4v) is 1.23. The van der Waals surface area contributed by atoms with E-state index >= 15 is 0 Å². The number of hydrogen-bond donors (Lipinski definition) is 0. The molecule has 0 fully saturated rings. The standard InChI is InChI=1S/C11H19O2.Zr/c1-10(2,3)8(12)7-9(13)11(4,5)6;/h1,7H2,2-6H3;. The minimum absolute atomic E-state index is 0.0415. The molecule has 0 N–H and O–H groups in total. The molecule has 0 aliphatic rings. The number of carbonyl (C=O) groups is 2. The SMILES string of the molecule is CC(C)(C)C(=O)CC(=O)C(C)(C)[CH2][Zr]. The van der Waals surface area contributed by atoms with Crippen LogP contribution in [-0.2, 0) is 34.3 Å². The Morgan fingerprint density at radius 3 is 1.71 bits per heavy atom. The Labute approximate surface area is 102 Å². The molecule has 0 atom stereocenters. The van der Waals surface area contributed by atoms with E-state index in [4.69, 9.17) is 0 Å².